The molecule has 0 aliphatic heterocycles. The number of rotatable bonds is 3. The largest absolute Gasteiger partial charge is 0.389 e. The van der Waals surface area contributed by atoms with E-state index in [0.29, 0.717) is 17.1 Å². The molecule has 4 nitrogen and oxygen atoms in total. The van der Waals surface area contributed by atoms with Gasteiger partial charge in [0, 0.05) is 0 Å². The van der Waals surface area contributed by atoms with Crippen LogP contribution in [-0.4, -0.2) is 15.2 Å². The molecule has 0 amide bonds. The van der Waals surface area contributed by atoms with E-state index in [1.54, 1.807) is 24.3 Å². The summed E-state index contributed by atoms with van der Waals surface area (Å²) in [6.07, 6.45) is 1.47. The Morgan fingerprint density at radius 1 is 1.29 bits per heavy atom. The highest BCUT2D eigenvalue weighted by Crippen LogP contribution is 2.20. The van der Waals surface area contributed by atoms with Gasteiger partial charge in [-0.25, -0.2) is 4.39 Å². The molecule has 0 saturated heterocycles. The summed E-state index contributed by atoms with van der Waals surface area (Å²) in [4.78, 5) is 0.179. The SMILES string of the molecule is NC(=S)c1ccnnc1Nc1ccccc1F. The maximum atomic E-state index is 13.4. The Kier molecular flexibility index (Phi) is 3.24. The zero-order valence-corrected chi connectivity index (χ0v) is 9.54. The molecule has 0 saturated carbocycles. The van der Waals surface area contributed by atoms with Gasteiger partial charge in [0.25, 0.3) is 0 Å². The van der Waals surface area contributed by atoms with Gasteiger partial charge >= 0.3 is 0 Å². The van der Waals surface area contributed by atoms with Crippen molar-refractivity contribution in [3.63, 3.8) is 0 Å². The summed E-state index contributed by atoms with van der Waals surface area (Å²) in [5, 5.41) is 10.4. The molecule has 2 rings (SSSR count). The van der Waals surface area contributed by atoms with Crippen molar-refractivity contribution in [2.75, 3.05) is 5.32 Å². The van der Waals surface area contributed by atoms with E-state index in [1.165, 1.54) is 12.3 Å². The van der Waals surface area contributed by atoms with E-state index in [0.717, 1.165) is 0 Å². The Morgan fingerprint density at radius 3 is 2.76 bits per heavy atom. The number of thiocarbonyl (C=S) groups is 1. The van der Waals surface area contributed by atoms with Gasteiger partial charge in [0.05, 0.1) is 17.4 Å². The third kappa shape index (κ3) is 2.54. The lowest BCUT2D eigenvalue weighted by atomic mass is 10.2. The smallest absolute Gasteiger partial charge is 0.163 e. The summed E-state index contributed by atoms with van der Waals surface area (Å²) in [6.45, 7) is 0. The first kappa shape index (κ1) is 11.4. The van der Waals surface area contributed by atoms with Crippen LogP contribution in [0.4, 0.5) is 15.9 Å². The monoisotopic (exact) mass is 248 g/mol. The van der Waals surface area contributed by atoms with Gasteiger partial charge in [0.2, 0.25) is 0 Å². The number of aromatic nitrogens is 2. The normalized spacial score (nSPS) is 9.94. The highest BCUT2D eigenvalue weighted by molar-refractivity contribution is 7.80. The molecule has 86 valence electrons. The molecule has 1 aromatic carbocycles. The number of hydrogen-bond acceptors (Lipinski definition) is 4. The molecule has 0 atom stereocenters. The number of nitrogens with two attached hydrogens (primary N) is 1. The van der Waals surface area contributed by atoms with Crippen molar-refractivity contribution in [3.05, 3.63) is 47.9 Å². The maximum absolute atomic E-state index is 13.4. The molecular formula is C11H9FN4S. The number of benzene rings is 1. The fourth-order valence-corrected chi connectivity index (χ4v) is 1.48. The number of nitrogens with one attached hydrogen (secondary N) is 1. The van der Waals surface area contributed by atoms with Crippen LogP contribution in [0.25, 0.3) is 0 Å². The summed E-state index contributed by atoms with van der Waals surface area (Å²) < 4.78 is 13.4. The first-order chi connectivity index (χ1) is 8.18. The van der Waals surface area contributed by atoms with Crippen molar-refractivity contribution in [3.8, 4) is 0 Å². The Hall–Kier alpha value is -2.08. The summed E-state index contributed by atoms with van der Waals surface area (Å²) in [7, 11) is 0. The molecule has 6 heteroatoms. The molecular weight excluding hydrogens is 239 g/mol. The zero-order valence-electron chi connectivity index (χ0n) is 8.72. The lowest BCUT2D eigenvalue weighted by Crippen LogP contribution is -2.13. The van der Waals surface area contributed by atoms with Gasteiger partial charge in [0.15, 0.2) is 5.82 Å². The first-order valence-corrected chi connectivity index (χ1v) is 5.22. The number of anilines is 2. The predicted octanol–water partition coefficient (Wildman–Crippen LogP) is 1.99. The van der Waals surface area contributed by atoms with E-state index in [-0.39, 0.29) is 10.8 Å². The van der Waals surface area contributed by atoms with Crippen LogP contribution in [0, 0.1) is 5.82 Å². The topological polar surface area (TPSA) is 63.8 Å². The quantitative estimate of drug-likeness (QED) is 0.813. The first-order valence-electron chi connectivity index (χ1n) is 4.81. The van der Waals surface area contributed by atoms with E-state index >= 15 is 0 Å². The van der Waals surface area contributed by atoms with Gasteiger partial charge in [-0.15, -0.1) is 5.10 Å². The maximum Gasteiger partial charge on any atom is 0.163 e. The van der Waals surface area contributed by atoms with E-state index in [9.17, 15) is 4.39 Å². The number of hydrogen-bond donors (Lipinski definition) is 2. The van der Waals surface area contributed by atoms with E-state index in [4.69, 9.17) is 18.0 Å². The van der Waals surface area contributed by atoms with Crippen LogP contribution in [0.2, 0.25) is 0 Å². The molecule has 0 aliphatic rings. The molecule has 0 aliphatic carbocycles. The van der Waals surface area contributed by atoms with Crippen molar-refractivity contribution in [1.29, 1.82) is 0 Å². The molecule has 0 radical (unpaired) electrons. The molecule has 2 aromatic rings. The number of halogens is 1. The minimum atomic E-state index is -0.382. The summed E-state index contributed by atoms with van der Waals surface area (Å²) in [6, 6.07) is 7.87. The van der Waals surface area contributed by atoms with Crippen LogP contribution in [0.1, 0.15) is 5.56 Å². The van der Waals surface area contributed by atoms with Crippen LogP contribution < -0.4 is 11.1 Å². The number of para-hydroxylation sites is 1. The summed E-state index contributed by atoms with van der Waals surface area (Å²) in [5.74, 6) is -0.0443. The van der Waals surface area contributed by atoms with Crippen LogP contribution in [-0.2, 0) is 0 Å². The minimum Gasteiger partial charge on any atom is -0.389 e. The molecule has 1 aromatic heterocycles. The second-order valence-electron chi connectivity index (χ2n) is 3.26. The van der Waals surface area contributed by atoms with Gasteiger partial charge in [-0.3, -0.25) is 0 Å². The van der Waals surface area contributed by atoms with E-state index < -0.39 is 0 Å². The molecule has 0 fully saturated rings. The number of nitrogens with zero attached hydrogens (tertiary/aromatic N) is 2. The molecule has 3 N–H and O–H groups in total. The van der Waals surface area contributed by atoms with Crippen molar-refractivity contribution in [2.45, 2.75) is 0 Å². The Labute approximate surface area is 103 Å². The van der Waals surface area contributed by atoms with Crippen LogP contribution in [0.15, 0.2) is 36.5 Å². The molecule has 17 heavy (non-hydrogen) atoms. The fraction of sp³-hybridized carbons (Fsp3) is 0. The van der Waals surface area contributed by atoms with Crippen molar-refractivity contribution in [1.82, 2.24) is 10.2 Å². The van der Waals surface area contributed by atoms with Gasteiger partial charge < -0.3 is 11.1 Å². The summed E-state index contributed by atoms with van der Waals surface area (Å²) >= 11 is 4.87. The van der Waals surface area contributed by atoms with Gasteiger partial charge in [-0.2, -0.15) is 5.10 Å². The lowest BCUT2D eigenvalue weighted by Gasteiger charge is -2.09. The fourth-order valence-electron chi connectivity index (χ4n) is 1.31. The van der Waals surface area contributed by atoms with Crippen molar-refractivity contribution in [2.24, 2.45) is 5.73 Å². The highest BCUT2D eigenvalue weighted by atomic mass is 32.1. The van der Waals surface area contributed by atoms with Gasteiger partial charge in [0.1, 0.15) is 10.8 Å². The Bertz CT molecular complexity index is 559. The third-order valence-electron chi connectivity index (χ3n) is 2.11. The van der Waals surface area contributed by atoms with Gasteiger partial charge in [-0.05, 0) is 18.2 Å². The highest BCUT2D eigenvalue weighted by Gasteiger charge is 2.08. The standard InChI is InChI=1S/C11H9FN4S/c12-8-3-1-2-4-9(8)15-11-7(10(13)17)5-6-14-16-11/h1-6H,(H2,13,17)(H,15,16). The van der Waals surface area contributed by atoms with Crippen molar-refractivity contribution < 1.29 is 4.39 Å². The zero-order chi connectivity index (χ0) is 12.3. The van der Waals surface area contributed by atoms with Crippen molar-refractivity contribution >= 4 is 28.7 Å². The van der Waals surface area contributed by atoms with Crippen LogP contribution in [0.5, 0.6) is 0 Å². The summed E-state index contributed by atoms with van der Waals surface area (Å²) in [5.41, 5.74) is 6.36. The van der Waals surface area contributed by atoms with E-state index in [2.05, 4.69) is 15.5 Å². The lowest BCUT2D eigenvalue weighted by molar-refractivity contribution is 0.631. The Balaban J connectivity index is 2.37. The molecule has 0 spiro atoms. The predicted molar refractivity (Wildman–Crippen MR) is 67.6 cm³/mol. The molecule has 0 bridgehead atoms. The Morgan fingerprint density at radius 2 is 2.06 bits per heavy atom. The second-order valence-corrected chi connectivity index (χ2v) is 3.70. The average Bonchev–Trinajstić information content (AvgIpc) is 2.32. The molecule has 1 heterocycles. The second kappa shape index (κ2) is 4.84. The minimum absolute atomic E-state index is 0.179. The van der Waals surface area contributed by atoms with Crippen LogP contribution in [0.3, 0.4) is 0 Å². The van der Waals surface area contributed by atoms with Gasteiger partial charge in [-0.1, -0.05) is 24.4 Å². The average molecular weight is 248 g/mol. The van der Waals surface area contributed by atoms with E-state index in [1.807, 2.05) is 0 Å². The van der Waals surface area contributed by atoms with Crippen LogP contribution >= 0.6 is 12.2 Å². The molecule has 0 unspecified atom stereocenters. The third-order valence-corrected chi connectivity index (χ3v) is 2.33.